The summed E-state index contributed by atoms with van der Waals surface area (Å²) in [5, 5.41) is 2.61. The van der Waals surface area contributed by atoms with E-state index < -0.39 is 5.60 Å². The van der Waals surface area contributed by atoms with Gasteiger partial charge in [0.15, 0.2) is 0 Å². The number of likely N-dealkylation sites (tertiary alicyclic amines) is 1. The first kappa shape index (κ1) is 18.1. The quantitative estimate of drug-likeness (QED) is 0.819. The fourth-order valence-electron chi connectivity index (χ4n) is 2.93. The zero-order valence-electron chi connectivity index (χ0n) is 14.4. The number of ether oxygens (including phenoxy) is 2. The molecule has 24 heavy (non-hydrogen) atoms. The maximum atomic E-state index is 12.7. The summed E-state index contributed by atoms with van der Waals surface area (Å²) in [7, 11) is 4.72. The molecule has 0 unspecified atom stereocenters. The molecule has 132 valence electrons. The van der Waals surface area contributed by atoms with Gasteiger partial charge in [0, 0.05) is 46.1 Å². The van der Waals surface area contributed by atoms with Gasteiger partial charge in [-0.3, -0.25) is 9.59 Å². The van der Waals surface area contributed by atoms with Gasteiger partial charge in [0.25, 0.3) is 5.91 Å². The van der Waals surface area contributed by atoms with Crippen molar-refractivity contribution in [3.63, 3.8) is 0 Å². The molecule has 0 aliphatic carbocycles. The van der Waals surface area contributed by atoms with Gasteiger partial charge in [0.1, 0.15) is 0 Å². The van der Waals surface area contributed by atoms with Gasteiger partial charge in [-0.25, -0.2) is 9.97 Å². The van der Waals surface area contributed by atoms with Crippen LogP contribution in [0.15, 0.2) is 12.4 Å². The Kier molecular flexibility index (Phi) is 6.08. The predicted molar refractivity (Wildman–Crippen MR) is 86.8 cm³/mol. The minimum absolute atomic E-state index is 0.0292. The van der Waals surface area contributed by atoms with Gasteiger partial charge < -0.3 is 19.7 Å². The van der Waals surface area contributed by atoms with E-state index in [1.54, 1.807) is 19.1 Å². The van der Waals surface area contributed by atoms with E-state index in [-0.39, 0.29) is 17.8 Å². The number of nitrogens with one attached hydrogen (secondary N) is 1. The van der Waals surface area contributed by atoms with Gasteiger partial charge in [-0.2, -0.15) is 0 Å². The number of piperidine rings is 1. The van der Waals surface area contributed by atoms with Crippen LogP contribution in [0, 0.1) is 0 Å². The van der Waals surface area contributed by atoms with Crippen molar-refractivity contribution >= 4 is 11.8 Å². The number of rotatable bonds is 6. The molecule has 1 fully saturated rings. The topological polar surface area (TPSA) is 93.7 Å². The van der Waals surface area contributed by atoms with Crippen LogP contribution in [-0.2, 0) is 9.53 Å². The molecule has 1 aliphatic heterocycles. The van der Waals surface area contributed by atoms with Crippen LogP contribution in [0.2, 0.25) is 0 Å². The van der Waals surface area contributed by atoms with Crippen molar-refractivity contribution in [3.05, 3.63) is 18.0 Å². The minimum Gasteiger partial charge on any atom is -0.467 e. The second-order valence-electron chi connectivity index (χ2n) is 5.85. The van der Waals surface area contributed by atoms with Crippen LogP contribution in [-0.4, -0.2) is 66.6 Å². The van der Waals surface area contributed by atoms with Crippen molar-refractivity contribution < 1.29 is 19.1 Å². The highest BCUT2D eigenvalue weighted by atomic mass is 16.5. The molecule has 8 nitrogen and oxygen atoms in total. The molecule has 1 aromatic heterocycles. The van der Waals surface area contributed by atoms with Crippen LogP contribution in [0.5, 0.6) is 6.01 Å². The zero-order chi connectivity index (χ0) is 17.6. The number of hydrogen-bond acceptors (Lipinski definition) is 6. The molecule has 2 amide bonds. The fourth-order valence-corrected chi connectivity index (χ4v) is 2.93. The van der Waals surface area contributed by atoms with E-state index in [2.05, 4.69) is 15.3 Å². The van der Waals surface area contributed by atoms with E-state index in [4.69, 9.17) is 9.47 Å². The molecule has 2 rings (SSSR count). The van der Waals surface area contributed by atoms with E-state index in [0.717, 1.165) is 12.8 Å². The van der Waals surface area contributed by atoms with Crippen molar-refractivity contribution in [3.8, 4) is 6.01 Å². The van der Waals surface area contributed by atoms with E-state index in [0.29, 0.717) is 31.5 Å². The van der Waals surface area contributed by atoms with Crippen molar-refractivity contribution in [2.75, 3.05) is 34.4 Å². The summed E-state index contributed by atoms with van der Waals surface area (Å²) >= 11 is 0. The van der Waals surface area contributed by atoms with Crippen LogP contribution in [0.4, 0.5) is 0 Å². The third-order valence-electron chi connectivity index (χ3n) is 4.40. The highest BCUT2D eigenvalue weighted by Crippen LogP contribution is 2.30. The number of amides is 2. The SMILES string of the molecule is CNC(=O)CC[C@]1(OC)CCCN(C(=O)c2cnc(OC)nc2)C1. The Labute approximate surface area is 141 Å². The lowest BCUT2D eigenvalue weighted by molar-refractivity contribution is -0.123. The van der Waals surface area contributed by atoms with E-state index in [1.807, 2.05) is 0 Å². The minimum atomic E-state index is -0.492. The van der Waals surface area contributed by atoms with E-state index >= 15 is 0 Å². The number of nitrogens with zero attached hydrogens (tertiary/aromatic N) is 3. The predicted octanol–water partition coefficient (Wildman–Crippen LogP) is 0.633. The van der Waals surface area contributed by atoms with Crippen molar-refractivity contribution in [2.24, 2.45) is 0 Å². The van der Waals surface area contributed by atoms with Crippen LogP contribution >= 0.6 is 0 Å². The van der Waals surface area contributed by atoms with Crippen LogP contribution in [0.3, 0.4) is 0 Å². The summed E-state index contributed by atoms with van der Waals surface area (Å²) < 4.78 is 10.6. The van der Waals surface area contributed by atoms with Crippen LogP contribution < -0.4 is 10.1 Å². The molecule has 0 saturated carbocycles. The van der Waals surface area contributed by atoms with Gasteiger partial charge in [-0.1, -0.05) is 0 Å². The van der Waals surface area contributed by atoms with Crippen LogP contribution in [0.25, 0.3) is 0 Å². The second kappa shape index (κ2) is 8.05. The third kappa shape index (κ3) is 4.19. The highest BCUT2D eigenvalue weighted by Gasteiger charge is 2.37. The Morgan fingerprint density at radius 1 is 1.33 bits per heavy atom. The lowest BCUT2D eigenvalue weighted by atomic mass is 9.87. The summed E-state index contributed by atoms with van der Waals surface area (Å²) in [6, 6.07) is 0.224. The maximum absolute atomic E-state index is 12.7. The Hall–Kier alpha value is -2.22. The molecular formula is C16H24N4O4. The fraction of sp³-hybridized carbons (Fsp3) is 0.625. The summed E-state index contributed by atoms with van der Waals surface area (Å²) in [4.78, 5) is 33.9. The zero-order valence-corrected chi connectivity index (χ0v) is 14.4. The first-order valence-electron chi connectivity index (χ1n) is 7.94. The summed E-state index contributed by atoms with van der Waals surface area (Å²) in [5.74, 6) is -0.169. The Bertz CT molecular complexity index is 578. The van der Waals surface area contributed by atoms with Crippen molar-refractivity contribution in [2.45, 2.75) is 31.3 Å². The molecule has 1 aliphatic rings. The van der Waals surface area contributed by atoms with Crippen molar-refractivity contribution in [1.29, 1.82) is 0 Å². The smallest absolute Gasteiger partial charge is 0.316 e. The first-order valence-corrected chi connectivity index (χ1v) is 7.94. The molecule has 1 aromatic rings. The molecule has 0 radical (unpaired) electrons. The summed E-state index contributed by atoms with van der Waals surface area (Å²) in [5.41, 5.74) is -0.0812. The average Bonchev–Trinajstić information content (AvgIpc) is 2.65. The number of carbonyl (C=O) groups excluding carboxylic acids is 2. The second-order valence-corrected chi connectivity index (χ2v) is 5.85. The average molecular weight is 336 g/mol. The lowest BCUT2D eigenvalue weighted by Gasteiger charge is -2.42. The largest absolute Gasteiger partial charge is 0.467 e. The summed E-state index contributed by atoms with van der Waals surface area (Å²) in [6.45, 7) is 1.10. The van der Waals surface area contributed by atoms with Gasteiger partial charge in [-0.15, -0.1) is 0 Å². The van der Waals surface area contributed by atoms with E-state index in [9.17, 15) is 9.59 Å². The molecule has 2 heterocycles. The monoisotopic (exact) mass is 336 g/mol. The lowest BCUT2D eigenvalue weighted by Crippen LogP contribution is -2.51. The first-order chi connectivity index (χ1) is 11.5. The normalized spacial score (nSPS) is 20.5. The molecule has 8 heteroatoms. The van der Waals surface area contributed by atoms with Gasteiger partial charge >= 0.3 is 6.01 Å². The molecular weight excluding hydrogens is 312 g/mol. The molecule has 0 bridgehead atoms. The van der Waals surface area contributed by atoms with Gasteiger partial charge in [-0.05, 0) is 19.3 Å². The Balaban J connectivity index is 2.06. The molecule has 0 spiro atoms. The molecule has 1 saturated heterocycles. The molecule has 0 aromatic carbocycles. The third-order valence-corrected chi connectivity index (χ3v) is 4.40. The summed E-state index contributed by atoms with van der Waals surface area (Å²) in [6.07, 6.45) is 5.52. The number of aromatic nitrogens is 2. The van der Waals surface area contributed by atoms with Crippen LogP contribution in [0.1, 0.15) is 36.0 Å². The molecule has 1 atom stereocenters. The standard InChI is InChI=1S/C16H24N4O4/c1-17-13(21)5-7-16(24-3)6-4-8-20(11-16)14(22)12-9-18-15(23-2)19-10-12/h9-10H,4-8,11H2,1-3H3,(H,17,21)/t16-/m1/s1. The van der Waals surface area contributed by atoms with Gasteiger partial charge in [0.2, 0.25) is 5.91 Å². The number of methoxy groups -OCH3 is 2. The maximum Gasteiger partial charge on any atom is 0.316 e. The molecule has 1 N–H and O–H groups in total. The highest BCUT2D eigenvalue weighted by molar-refractivity contribution is 5.93. The van der Waals surface area contributed by atoms with Gasteiger partial charge in [0.05, 0.1) is 18.3 Å². The number of hydrogen-bond donors (Lipinski definition) is 1. The van der Waals surface area contributed by atoms with E-state index in [1.165, 1.54) is 19.5 Å². The number of carbonyl (C=O) groups is 2. The Morgan fingerprint density at radius 2 is 2.04 bits per heavy atom. The Morgan fingerprint density at radius 3 is 2.62 bits per heavy atom. The van der Waals surface area contributed by atoms with Crippen molar-refractivity contribution in [1.82, 2.24) is 20.2 Å².